The summed E-state index contributed by atoms with van der Waals surface area (Å²) in [7, 11) is 2.99. The number of hydrazone groups is 1. The summed E-state index contributed by atoms with van der Waals surface area (Å²) >= 11 is 11.9. The molecule has 2 aromatic rings. The molecule has 0 bridgehead atoms. The van der Waals surface area contributed by atoms with Gasteiger partial charge in [0.2, 0.25) is 5.91 Å². The second kappa shape index (κ2) is 9.79. The predicted molar refractivity (Wildman–Crippen MR) is 118 cm³/mol. The molecule has 0 radical (unpaired) electrons. The molecule has 3 rings (SSSR count). The summed E-state index contributed by atoms with van der Waals surface area (Å²) in [6.07, 6.45) is -5.70. The fourth-order valence-electron chi connectivity index (χ4n) is 3.50. The molecule has 6 nitrogen and oxygen atoms in total. The first-order chi connectivity index (χ1) is 15.5. The number of carbonyl (C=O) groups excluding carboxylic acids is 1. The fraction of sp³-hybridized carbons (Fsp3) is 0.364. The Bertz CT molecular complexity index is 1060. The Kier molecular flexibility index (Phi) is 7.45. The molecule has 0 aliphatic carbocycles. The Morgan fingerprint density at radius 3 is 2.33 bits per heavy atom. The average molecular weight is 505 g/mol. The lowest BCUT2D eigenvalue weighted by Crippen LogP contribution is -2.56. The van der Waals surface area contributed by atoms with Crippen molar-refractivity contribution in [2.75, 3.05) is 14.2 Å². The van der Waals surface area contributed by atoms with E-state index in [4.69, 9.17) is 32.7 Å². The van der Waals surface area contributed by atoms with E-state index < -0.39 is 24.2 Å². The number of nitrogens with zero attached hydrogens (tertiary/aromatic N) is 2. The summed E-state index contributed by atoms with van der Waals surface area (Å²) in [4.78, 5) is 12.7. The van der Waals surface area contributed by atoms with Crippen molar-refractivity contribution >= 4 is 34.8 Å². The van der Waals surface area contributed by atoms with E-state index in [0.717, 1.165) is 5.56 Å². The molecule has 33 heavy (non-hydrogen) atoms. The zero-order valence-corrected chi connectivity index (χ0v) is 19.3. The summed E-state index contributed by atoms with van der Waals surface area (Å²) in [6.45, 7) is 0. The van der Waals surface area contributed by atoms with E-state index in [1.807, 2.05) is 0 Å². The van der Waals surface area contributed by atoms with Crippen LogP contribution in [0.5, 0.6) is 11.5 Å². The third kappa shape index (κ3) is 5.37. The number of aryl methyl sites for hydroxylation is 1. The summed E-state index contributed by atoms with van der Waals surface area (Å²) in [5.41, 5.74) is -2.61. The first-order valence-corrected chi connectivity index (χ1v) is 10.6. The maximum Gasteiger partial charge on any atom is 0.438 e. The SMILES string of the molecule is COc1ccc(CCCC(=O)N2N=C(c3cc(Cl)cc(Cl)c3)CC2(O)C(F)(F)F)cc1OC. The highest BCUT2D eigenvalue weighted by Gasteiger charge is 2.63. The number of ether oxygens (including phenoxy) is 2. The van der Waals surface area contributed by atoms with Gasteiger partial charge in [-0.1, -0.05) is 29.3 Å². The molecule has 0 saturated carbocycles. The lowest BCUT2D eigenvalue weighted by molar-refractivity contribution is -0.302. The van der Waals surface area contributed by atoms with Gasteiger partial charge in [-0.3, -0.25) is 4.79 Å². The molecule has 1 N–H and O–H groups in total. The molecule has 0 spiro atoms. The second-order valence-electron chi connectivity index (χ2n) is 7.44. The summed E-state index contributed by atoms with van der Waals surface area (Å²) in [5.74, 6) is 0.0767. The predicted octanol–water partition coefficient (Wildman–Crippen LogP) is 5.22. The number of amides is 1. The molecule has 1 unspecified atom stereocenters. The monoisotopic (exact) mass is 504 g/mol. The minimum absolute atomic E-state index is 0.117. The zero-order valence-electron chi connectivity index (χ0n) is 17.7. The summed E-state index contributed by atoms with van der Waals surface area (Å²) in [5, 5.41) is 14.7. The van der Waals surface area contributed by atoms with Crippen LogP contribution in [0.25, 0.3) is 0 Å². The van der Waals surface area contributed by atoms with Gasteiger partial charge in [-0.15, -0.1) is 0 Å². The van der Waals surface area contributed by atoms with Crippen LogP contribution in [-0.4, -0.2) is 47.9 Å². The Morgan fingerprint density at radius 1 is 1.12 bits per heavy atom. The van der Waals surface area contributed by atoms with E-state index in [0.29, 0.717) is 17.9 Å². The molecule has 178 valence electrons. The molecule has 1 aliphatic rings. The lowest BCUT2D eigenvalue weighted by atomic mass is 10.0. The molecule has 0 fully saturated rings. The van der Waals surface area contributed by atoms with E-state index in [1.54, 1.807) is 18.2 Å². The molecule has 11 heteroatoms. The maximum atomic E-state index is 13.7. The van der Waals surface area contributed by atoms with Gasteiger partial charge in [-0.05, 0) is 48.7 Å². The highest BCUT2D eigenvalue weighted by Crippen LogP contribution is 2.42. The third-order valence-electron chi connectivity index (χ3n) is 5.18. The minimum atomic E-state index is -5.13. The van der Waals surface area contributed by atoms with Crippen LogP contribution in [0.15, 0.2) is 41.5 Å². The van der Waals surface area contributed by atoms with Crippen LogP contribution in [0.3, 0.4) is 0 Å². The van der Waals surface area contributed by atoms with E-state index in [9.17, 15) is 23.1 Å². The number of aliphatic hydroxyl groups is 1. The van der Waals surface area contributed by atoms with Crippen LogP contribution in [0, 0.1) is 0 Å². The van der Waals surface area contributed by atoms with Crippen molar-refractivity contribution < 1.29 is 32.5 Å². The van der Waals surface area contributed by atoms with Gasteiger partial charge < -0.3 is 14.6 Å². The van der Waals surface area contributed by atoms with Gasteiger partial charge in [-0.25, -0.2) is 0 Å². The summed E-state index contributed by atoms with van der Waals surface area (Å²) in [6, 6.07) is 9.35. The number of hydrogen-bond donors (Lipinski definition) is 1. The molecular weight excluding hydrogens is 484 g/mol. The Labute approximate surface area is 198 Å². The number of benzene rings is 2. The standard InChI is InChI=1S/C22H21Cl2F3N2O4/c1-32-18-7-6-13(8-19(18)33-2)4-3-5-20(30)29-21(31,22(25,26)27)12-17(28-29)14-9-15(23)11-16(24)10-14/h6-11,31H,3-5,12H2,1-2H3. The van der Waals surface area contributed by atoms with Crippen molar-refractivity contribution in [2.45, 2.75) is 37.6 Å². The average Bonchev–Trinajstić information content (AvgIpc) is 3.12. The van der Waals surface area contributed by atoms with Crippen molar-refractivity contribution in [3.63, 3.8) is 0 Å². The maximum absolute atomic E-state index is 13.7. The van der Waals surface area contributed by atoms with Crippen LogP contribution in [0.2, 0.25) is 10.0 Å². The van der Waals surface area contributed by atoms with Crippen molar-refractivity contribution in [3.8, 4) is 11.5 Å². The number of alkyl halides is 3. The van der Waals surface area contributed by atoms with E-state index in [1.165, 1.54) is 32.4 Å². The molecule has 1 amide bonds. The quantitative estimate of drug-likeness (QED) is 0.560. The van der Waals surface area contributed by atoms with Gasteiger partial charge in [0.15, 0.2) is 11.5 Å². The van der Waals surface area contributed by atoms with Gasteiger partial charge in [0, 0.05) is 22.0 Å². The topological polar surface area (TPSA) is 71.4 Å². The van der Waals surface area contributed by atoms with E-state index >= 15 is 0 Å². The van der Waals surface area contributed by atoms with Gasteiger partial charge >= 0.3 is 6.18 Å². The highest BCUT2D eigenvalue weighted by molar-refractivity contribution is 6.35. The van der Waals surface area contributed by atoms with Crippen LogP contribution >= 0.6 is 23.2 Å². The number of halogens is 5. The number of rotatable bonds is 7. The van der Waals surface area contributed by atoms with Gasteiger partial charge in [-0.2, -0.15) is 23.3 Å². The molecular formula is C22H21Cl2F3N2O4. The highest BCUT2D eigenvalue weighted by atomic mass is 35.5. The van der Waals surface area contributed by atoms with Crippen LogP contribution < -0.4 is 9.47 Å². The lowest BCUT2D eigenvalue weighted by Gasteiger charge is -2.32. The molecule has 2 aromatic carbocycles. The fourth-order valence-corrected chi connectivity index (χ4v) is 4.02. The van der Waals surface area contributed by atoms with Gasteiger partial charge in [0.05, 0.1) is 26.4 Å². The minimum Gasteiger partial charge on any atom is -0.493 e. The second-order valence-corrected chi connectivity index (χ2v) is 8.32. The van der Waals surface area contributed by atoms with Crippen molar-refractivity contribution in [3.05, 3.63) is 57.6 Å². The first kappa shape index (κ1) is 25.1. The molecule has 0 saturated heterocycles. The van der Waals surface area contributed by atoms with Crippen LogP contribution in [-0.2, 0) is 11.2 Å². The van der Waals surface area contributed by atoms with Crippen molar-refractivity contribution in [1.82, 2.24) is 5.01 Å². The Hall–Kier alpha value is -2.49. The smallest absolute Gasteiger partial charge is 0.438 e. The molecule has 1 aliphatic heterocycles. The number of methoxy groups -OCH3 is 2. The van der Waals surface area contributed by atoms with Crippen molar-refractivity contribution in [2.24, 2.45) is 5.10 Å². The third-order valence-corrected chi connectivity index (χ3v) is 5.61. The molecule has 1 atom stereocenters. The first-order valence-electron chi connectivity index (χ1n) is 9.85. The Morgan fingerprint density at radius 2 is 1.76 bits per heavy atom. The zero-order chi connectivity index (χ0) is 24.4. The van der Waals surface area contributed by atoms with Crippen molar-refractivity contribution in [1.29, 1.82) is 0 Å². The summed E-state index contributed by atoms with van der Waals surface area (Å²) < 4.78 is 51.6. The van der Waals surface area contributed by atoms with Gasteiger partial charge in [0.1, 0.15) is 0 Å². The van der Waals surface area contributed by atoms with E-state index in [-0.39, 0.29) is 39.2 Å². The van der Waals surface area contributed by atoms with Gasteiger partial charge in [0.25, 0.3) is 5.72 Å². The number of hydrogen-bond acceptors (Lipinski definition) is 5. The van der Waals surface area contributed by atoms with Crippen LogP contribution in [0.4, 0.5) is 13.2 Å². The van der Waals surface area contributed by atoms with Crippen LogP contribution in [0.1, 0.15) is 30.4 Å². The number of carbonyl (C=O) groups is 1. The largest absolute Gasteiger partial charge is 0.493 e. The van der Waals surface area contributed by atoms with E-state index in [2.05, 4.69) is 5.10 Å². The molecule has 0 aromatic heterocycles. The normalized spacial score (nSPS) is 18.3. The Balaban J connectivity index is 1.78. The molecule has 1 heterocycles.